The second-order valence-electron chi connectivity index (χ2n) is 6.20. The van der Waals surface area contributed by atoms with Gasteiger partial charge in [-0.15, -0.1) is 0 Å². The maximum atomic E-state index is 12.8. The van der Waals surface area contributed by atoms with E-state index < -0.39 is 23.6 Å². The summed E-state index contributed by atoms with van der Waals surface area (Å²) in [6, 6.07) is 13.7. The van der Waals surface area contributed by atoms with Crippen LogP contribution in [0.2, 0.25) is 0 Å². The molecule has 0 radical (unpaired) electrons. The highest BCUT2D eigenvalue weighted by Gasteiger charge is 2.38. The van der Waals surface area contributed by atoms with Crippen LogP contribution in [0.4, 0.5) is 5.69 Å². The number of thiocarbonyl (C=S) groups is 1. The third kappa shape index (κ3) is 4.30. The highest BCUT2D eigenvalue weighted by atomic mass is 32.1. The molecule has 1 aliphatic heterocycles. The minimum absolute atomic E-state index is 0.00781. The first-order valence-corrected chi connectivity index (χ1v) is 9.05. The molecule has 1 aliphatic rings. The smallest absolute Gasteiger partial charge is 0.275 e. The molecule has 9 heteroatoms. The SMILES string of the molecule is COc1ccccc1C(=O)N/N=C/[C@H]1C(=O)NC(=S)N(c2ccc(C)cc2)C1=O. The van der Waals surface area contributed by atoms with E-state index >= 15 is 0 Å². The second kappa shape index (κ2) is 8.61. The average Bonchev–Trinajstić information content (AvgIpc) is 2.71. The molecule has 2 N–H and O–H groups in total. The zero-order valence-corrected chi connectivity index (χ0v) is 16.5. The van der Waals surface area contributed by atoms with Gasteiger partial charge in [-0.1, -0.05) is 29.8 Å². The fourth-order valence-corrected chi connectivity index (χ4v) is 3.02. The predicted octanol–water partition coefficient (Wildman–Crippen LogP) is 1.78. The van der Waals surface area contributed by atoms with Gasteiger partial charge in [0.05, 0.1) is 18.4 Å². The van der Waals surface area contributed by atoms with Gasteiger partial charge in [-0.3, -0.25) is 19.3 Å². The van der Waals surface area contributed by atoms with Crippen LogP contribution >= 0.6 is 12.2 Å². The number of carbonyl (C=O) groups is 3. The average molecular weight is 410 g/mol. The number of methoxy groups -OCH3 is 1. The van der Waals surface area contributed by atoms with Crippen LogP contribution in [0.1, 0.15) is 15.9 Å². The van der Waals surface area contributed by atoms with Gasteiger partial charge >= 0.3 is 0 Å². The van der Waals surface area contributed by atoms with E-state index in [2.05, 4.69) is 15.8 Å². The summed E-state index contributed by atoms with van der Waals surface area (Å²) in [5, 5.41) is 6.26. The summed E-state index contributed by atoms with van der Waals surface area (Å²) < 4.78 is 5.13. The topological polar surface area (TPSA) is 100 Å². The minimum atomic E-state index is -1.24. The predicted molar refractivity (Wildman–Crippen MR) is 112 cm³/mol. The molecule has 3 amide bonds. The lowest BCUT2D eigenvalue weighted by atomic mass is 10.1. The van der Waals surface area contributed by atoms with Crippen molar-refractivity contribution in [3.05, 3.63) is 59.7 Å². The van der Waals surface area contributed by atoms with Crippen LogP contribution in [0.15, 0.2) is 53.6 Å². The second-order valence-corrected chi connectivity index (χ2v) is 6.59. The van der Waals surface area contributed by atoms with Crippen LogP contribution in [0.3, 0.4) is 0 Å². The van der Waals surface area contributed by atoms with Crippen LogP contribution in [0, 0.1) is 12.8 Å². The monoisotopic (exact) mass is 410 g/mol. The number of ether oxygens (including phenoxy) is 1. The molecule has 2 aromatic rings. The molecular formula is C20H18N4O4S. The number of hydrogen-bond acceptors (Lipinski definition) is 6. The van der Waals surface area contributed by atoms with Crippen LogP contribution < -0.4 is 20.4 Å². The van der Waals surface area contributed by atoms with Crippen molar-refractivity contribution in [2.75, 3.05) is 12.0 Å². The first-order chi connectivity index (χ1) is 13.9. The van der Waals surface area contributed by atoms with E-state index in [1.54, 1.807) is 36.4 Å². The van der Waals surface area contributed by atoms with E-state index in [1.165, 1.54) is 12.0 Å². The molecule has 1 fully saturated rings. The Hall–Kier alpha value is -3.59. The van der Waals surface area contributed by atoms with Gasteiger partial charge in [0.1, 0.15) is 5.75 Å². The third-order valence-corrected chi connectivity index (χ3v) is 4.52. The highest BCUT2D eigenvalue weighted by molar-refractivity contribution is 7.80. The molecular weight excluding hydrogens is 392 g/mol. The Morgan fingerprint density at radius 2 is 1.90 bits per heavy atom. The quantitative estimate of drug-likeness (QED) is 0.339. The summed E-state index contributed by atoms with van der Waals surface area (Å²) in [7, 11) is 1.45. The number of para-hydroxylation sites is 1. The van der Waals surface area contributed by atoms with Crippen molar-refractivity contribution in [1.29, 1.82) is 0 Å². The Labute approximate surface area is 172 Å². The van der Waals surface area contributed by atoms with Crippen molar-refractivity contribution in [3.63, 3.8) is 0 Å². The molecule has 2 aromatic carbocycles. The molecule has 0 spiro atoms. The number of carbonyl (C=O) groups excluding carboxylic acids is 3. The molecule has 29 heavy (non-hydrogen) atoms. The van der Waals surface area contributed by atoms with E-state index in [0.29, 0.717) is 11.4 Å². The molecule has 0 unspecified atom stereocenters. The Morgan fingerprint density at radius 1 is 1.21 bits per heavy atom. The van der Waals surface area contributed by atoms with E-state index in [-0.39, 0.29) is 10.7 Å². The van der Waals surface area contributed by atoms with Gasteiger partial charge in [0, 0.05) is 6.21 Å². The molecule has 0 aromatic heterocycles. The fourth-order valence-electron chi connectivity index (χ4n) is 2.72. The van der Waals surface area contributed by atoms with Gasteiger partial charge < -0.3 is 10.1 Å². The lowest BCUT2D eigenvalue weighted by molar-refractivity contribution is -0.130. The molecule has 0 bridgehead atoms. The van der Waals surface area contributed by atoms with E-state index in [0.717, 1.165) is 11.8 Å². The minimum Gasteiger partial charge on any atom is -0.496 e. The van der Waals surface area contributed by atoms with Gasteiger partial charge in [0.2, 0.25) is 5.91 Å². The van der Waals surface area contributed by atoms with Gasteiger partial charge in [0.25, 0.3) is 11.8 Å². The zero-order valence-electron chi connectivity index (χ0n) is 15.7. The van der Waals surface area contributed by atoms with Crippen LogP contribution in [0.25, 0.3) is 0 Å². The van der Waals surface area contributed by atoms with Crippen molar-refractivity contribution in [3.8, 4) is 5.75 Å². The number of nitrogens with zero attached hydrogens (tertiary/aromatic N) is 2. The lowest BCUT2D eigenvalue weighted by Crippen LogP contribution is -2.58. The number of hydrazone groups is 1. The van der Waals surface area contributed by atoms with Crippen molar-refractivity contribution in [2.45, 2.75) is 6.92 Å². The summed E-state index contributed by atoms with van der Waals surface area (Å²) >= 11 is 5.14. The highest BCUT2D eigenvalue weighted by Crippen LogP contribution is 2.21. The normalized spacial score (nSPS) is 16.7. The summed E-state index contributed by atoms with van der Waals surface area (Å²) in [5.74, 6) is -2.56. The molecule has 3 rings (SSSR count). The Bertz CT molecular complexity index is 1000. The Balaban J connectivity index is 1.76. The van der Waals surface area contributed by atoms with Crippen LogP contribution in [0.5, 0.6) is 5.75 Å². The lowest BCUT2D eigenvalue weighted by Gasteiger charge is -2.30. The maximum Gasteiger partial charge on any atom is 0.275 e. The summed E-state index contributed by atoms with van der Waals surface area (Å²) in [6.45, 7) is 1.92. The summed E-state index contributed by atoms with van der Waals surface area (Å²) in [4.78, 5) is 38.6. The molecule has 0 saturated carbocycles. The zero-order chi connectivity index (χ0) is 21.0. The summed E-state index contributed by atoms with van der Waals surface area (Å²) in [5.41, 5.74) is 4.12. The van der Waals surface area contributed by atoms with E-state index in [4.69, 9.17) is 17.0 Å². The molecule has 1 atom stereocenters. The van der Waals surface area contributed by atoms with Gasteiger partial charge in [-0.25, -0.2) is 5.43 Å². The Morgan fingerprint density at radius 3 is 2.59 bits per heavy atom. The van der Waals surface area contributed by atoms with Crippen molar-refractivity contribution in [1.82, 2.24) is 10.7 Å². The number of anilines is 1. The van der Waals surface area contributed by atoms with Gasteiger partial charge in [-0.2, -0.15) is 5.10 Å². The van der Waals surface area contributed by atoms with E-state index in [9.17, 15) is 14.4 Å². The van der Waals surface area contributed by atoms with Gasteiger partial charge in [-0.05, 0) is 43.4 Å². The molecule has 148 valence electrons. The Kier molecular flexibility index (Phi) is 5.99. The van der Waals surface area contributed by atoms with Gasteiger partial charge in [0.15, 0.2) is 11.0 Å². The van der Waals surface area contributed by atoms with Crippen LogP contribution in [-0.2, 0) is 9.59 Å². The molecule has 0 aliphatic carbocycles. The van der Waals surface area contributed by atoms with E-state index in [1.807, 2.05) is 19.1 Å². The number of nitrogens with one attached hydrogen (secondary N) is 2. The van der Waals surface area contributed by atoms with Crippen molar-refractivity contribution >= 4 is 47.0 Å². The number of rotatable bonds is 5. The molecule has 1 saturated heterocycles. The fraction of sp³-hybridized carbons (Fsp3) is 0.150. The standard InChI is InChI=1S/C20H18N4O4S/c1-12-7-9-13(10-8-12)24-19(27)15(17(25)22-20(24)29)11-21-23-18(26)14-5-3-4-6-16(14)28-2/h3-11,15H,1-2H3,(H,23,26)(H,22,25,29)/b21-11+/t15-/m0/s1. The number of hydrogen-bond donors (Lipinski definition) is 2. The first kappa shape index (κ1) is 20.2. The molecule has 1 heterocycles. The van der Waals surface area contributed by atoms with Crippen molar-refractivity contribution in [2.24, 2.45) is 11.0 Å². The number of benzene rings is 2. The maximum absolute atomic E-state index is 12.8. The number of aryl methyl sites for hydroxylation is 1. The van der Waals surface area contributed by atoms with Crippen LogP contribution in [-0.4, -0.2) is 36.2 Å². The first-order valence-electron chi connectivity index (χ1n) is 8.64. The summed E-state index contributed by atoms with van der Waals surface area (Å²) in [6.07, 6.45) is 1.08. The van der Waals surface area contributed by atoms with Crippen molar-refractivity contribution < 1.29 is 19.1 Å². The molecule has 8 nitrogen and oxygen atoms in total. The third-order valence-electron chi connectivity index (χ3n) is 4.24. The number of amides is 3. The largest absolute Gasteiger partial charge is 0.496 e.